The van der Waals surface area contributed by atoms with Gasteiger partial charge in [0, 0.05) is 12.4 Å². The van der Waals surface area contributed by atoms with Crippen molar-refractivity contribution in [2.45, 2.75) is 20.1 Å². The molecular formula is C19H18N6O2. The third-order valence-corrected chi connectivity index (χ3v) is 4.11. The van der Waals surface area contributed by atoms with Crippen LogP contribution in [0, 0.1) is 0 Å². The zero-order valence-corrected chi connectivity index (χ0v) is 14.7. The van der Waals surface area contributed by atoms with Crippen molar-refractivity contribution in [2.75, 3.05) is 5.32 Å². The van der Waals surface area contributed by atoms with E-state index in [0.717, 1.165) is 12.2 Å². The van der Waals surface area contributed by atoms with Crippen molar-refractivity contribution >= 4 is 17.2 Å². The molecule has 4 rings (SSSR count). The van der Waals surface area contributed by atoms with Crippen LogP contribution in [-0.2, 0) is 13.2 Å². The number of ether oxygens (including phenoxy) is 1. The van der Waals surface area contributed by atoms with Crippen molar-refractivity contribution in [3.63, 3.8) is 0 Å². The van der Waals surface area contributed by atoms with E-state index in [1.54, 1.807) is 40.1 Å². The fourth-order valence-corrected chi connectivity index (χ4v) is 2.65. The fraction of sp³-hybridized carbons (Fsp3) is 0.158. The second-order valence-corrected chi connectivity index (χ2v) is 5.94. The molecule has 0 saturated carbocycles. The lowest BCUT2D eigenvalue weighted by Gasteiger charge is -2.06. The molecule has 0 radical (unpaired) electrons. The van der Waals surface area contributed by atoms with Gasteiger partial charge in [-0.15, -0.1) is 0 Å². The average molecular weight is 362 g/mol. The fourth-order valence-electron chi connectivity index (χ4n) is 2.65. The number of carbonyl (C=O) groups excluding carboxylic acids is 1. The number of nitrogens with zero attached hydrogens (tertiary/aromatic N) is 5. The van der Waals surface area contributed by atoms with Gasteiger partial charge in [-0.05, 0) is 30.2 Å². The lowest BCUT2D eigenvalue weighted by molar-refractivity contribution is 0.102. The van der Waals surface area contributed by atoms with E-state index in [9.17, 15) is 4.79 Å². The second-order valence-electron chi connectivity index (χ2n) is 5.94. The molecule has 0 saturated heterocycles. The van der Waals surface area contributed by atoms with Gasteiger partial charge in [-0.3, -0.25) is 4.79 Å². The molecule has 0 aliphatic rings. The molecule has 0 aliphatic carbocycles. The predicted octanol–water partition coefficient (Wildman–Crippen LogP) is 2.78. The van der Waals surface area contributed by atoms with E-state index >= 15 is 0 Å². The van der Waals surface area contributed by atoms with Gasteiger partial charge in [0.05, 0.1) is 24.3 Å². The maximum atomic E-state index is 12.5. The average Bonchev–Trinajstić information content (AvgIpc) is 3.33. The molecule has 8 nitrogen and oxygen atoms in total. The maximum Gasteiger partial charge on any atom is 0.261 e. The highest BCUT2D eigenvalue weighted by Crippen LogP contribution is 2.14. The number of nitrogens with one attached hydrogen (secondary N) is 1. The van der Waals surface area contributed by atoms with E-state index in [-0.39, 0.29) is 12.6 Å². The highest BCUT2D eigenvalue weighted by molar-refractivity contribution is 6.07. The van der Waals surface area contributed by atoms with Crippen LogP contribution in [0.3, 0.4) is 0 Å². The number of rotatable bonds is 6. The minimum absolute atomic E-state index is 0.250. The Morgan fingerprint density at radius 2 is 2.04 bits per heavy atom. The number of hydrogen-bond acceptors (Lipinski definition) is 5. The molecule has 1 aromatic carbocycles. The quantitative estimate of drug-likeness (QED) is 0.570. The van der Waals surface area contributed by atoms with E-state index in [4.69, 9.17) is 4.74 Å². The standard InChI is InChI=1S/C19H18N6O2/c1-2-14-4-6-16(7-5-14)27-13-24-12-15(10-21-24)23-19(26)17-11-22-25-9-3-8-20-18(17)25/h3-12H,2,13H2,1H3,(H,23,26). The number of amides is 1. The molecule has 3 aromatic heterocycles. The summed E-state index contributed by atoms with van der Waals surface area (Å²) in [7, 11) is 0. The van der Waals surface area contributed by atoms with Crippen molar-refractivity contribution in [3.05, 3.63) is 72.4 Å². The van der Waals surface area contributed by atoms with Gasteiger partial charge < -0.3 is 10.1 Å². The van der Waals surface area contributed by atoms with Crippen LogP contribution >= 0.6 is 0 Å². The predicted molar refractivity (Wildman–Crippen MR) is 99.6 cm³/mol. The maximum absolute atomic E-state index is 12.5. The first-order valence-corrected chi connectivity index (χ1v) is 8.57. The highest BCUT2D eigenvalue weighted by atomic mass is 16.5. The van der Waals surface area contributed by atoms with Gasteiger partial charge in [-0.2, -0.15) is 10.2 Å². The topological polar surface area (TPSA) is 86.3 Å². The molecule has 27 heavy (non-hydrogen) atoms. The van der Waals surface area contributed by atoms with Crippen molar-refractivity contribution in [2.24, 2.45) is 0 Å². The van der Waals surface area contributed by atoms with Crippen LogP contribution < -0.4 is 10.1 Å². The summed E-state index contributed by atoms with van der Waals surface area (Å²) in [6.45, 7) is 2.36. The number of hydrogen-bond donors (Lipinski definition) is 1. The number of aryl methyl sites for hydroxylation is 1. The van der Waals surface area contributed by atoms with Crippen molar-refractivity contribution in [1.29, 1.82) is 0 Å². The summed E-state index contributed by atoms with van der Waals surface area (Å²) in [5.41, 5.74) is 2.73. The summed E-state index contributed by atoms with van der Waals surface area (Å²) in [4.78, 5) is 16.6. The number of aromatic nitrogens is 5. The zero-order chi connectivity index (χ0) is 18.6. The molecule has 4 aromatic rings. The van der Waals surface area contributed by atoms with E-state index in [1.807, 2.05) is 24.3 Å². The number of anilines is 1. The summed E-state index contributed by atoms with van der Waals surface area (Å²) in [5.74, 6) is 0.477. The Morgan fingerprint density at radius 1 is 1.19 bits per heavy atom. The molecule has 0 fully saturated rings. The van der Waals surface area contributed by atoms with Gasteiger partial charge in [0.25, 0.3) is 5.91 Å². The third kappa shape index (κ3) is 3.64. The van der Waals surface area contributed by atoms with Gasteiger partial charge in [0.2, 0.25) is 0 Å². The first kappa shape index (κ1) is 16.8. The molecule has 8 heteroatoms. The minimum atomic E-state index is -0.292. The van der Waals surface area contributed by atoms with Gasteiger partial charge in [0.1, 0.15) is 11.3 Å². The molecule has 136 valence electrons. The van der Waals surface area contributed by atoms with Crippen LogP contribution in [0.1, 0.15) is 22.8 Å². The van der Waals surface area contributed by atoms with E-state index in [0.29, 0.717) is 16.9 Å². The molecule has 0 spiro atoms. The summed E-state index contributed by atoms with van der Waals surface area (Å²) in [6.07, 6.45) is 9.12. The third-order valence-electron chi connectivity index (χ3n) is 4.11. The van der Waals surface area contributed by atoms with Crippen LogP contribution in [0.15, 0.2) is 61.3 Å². The van der Waals surface area contributed by atoms with Crippen LogP contribution in [0.4, 0.5) is 5.69 Å². The largest absolute Gasteiger partial charge is 0.471 e. The van der Waals surface area contributed by atoms with E-state index in [2.05, 4.69) is 27.4 Å². The first-order chi connectivity index (χ1) is 13.2. The minimum Gasteiger partial charge on any atom is -0.471 e. The lowest BCUT2D eigenvalue weighted by atomic mass is 10.2. The Labute approximate surface area is 155 Å². The summed E-state index contributed by atoms with van der Waals surface area (Å²) in [5, 5.41) is 11.1. The zero-order valence-electron chi connectivity index (χ0n) is 14.7. The Morgan fingerprint density at radius 3 is 2.85 bits per heavy atom. The van der Waals surface area contributed by atoms with Gasteiger partial charge in [-0.25, -0.2) is 14.2 Å². The Kier molecular flexibility index (Phi) is 4.52. The molecule has 3 heterocycles. The molecule has 1 N–H and O–H groups in total. The number of fused-ring (bicyclic) bond motifs is 1. The van der Waals surface area contributed by atoms with Crippen molar-refractivity contribution < 1.29 is 9.53 Å². The van der Waals surface area contributed by atoms with Crippen LogP contribution in [0.25, 0.3) is 5.65 Å². The van der Waals surface area contributed by atoms with Crippen molar-refractivity contribution in [1.82, 2.24) is 24.4 Å². The summed E-state index contributed by atoms with van der Waals surface area (Å²) < 4.78 is 8.86. The summed E-state index contributed by atoms with van der Waals surface area (Å²) >= 11 is 0. The molecule has 0 atom stereocenters. The van der Waals surface area contributed by atoms with Gasteiger partial charge >= 0.3 is 0 Å². The number of carbonyl (C=O) groups is 1. The Bertz CT molecular complexity index is 1070. The second kappa shape index (κ2) is 7.28. The lowest BCUT2D eigenvalue weighted by Crippen LogP contribution is -2.11. The summed E-state index contributed by atoms with van der Waals surface area (Å²) in [6, 6.07) is 9.69. The van der Waals surface area contributed by atoms with Crippen molar-refractivity contribution in [3.8, 4) is 5.75 Å². The van der Waals surface area contributed by atoms with E-state index < -0.39 is 0 Å². The first-order valence-electron chi connectivity index (χ1n) is 8.57. The SMILES string of the molecule is CCc1ccc(OCn2cc(NC(=O)c3cnn4cccnc34)cn2)cc1. The Hall–Kier alpha value is -3.68. The Balaban J connectivity index is 1.39. The van der Waals surface area contributed by atoms with Gasteiger partial charge in [-0.1, -0.05) is 19.1 Å². The highest BCUT2D eigenvalue weighted by Gasteiger charge is 2.14. The molecule has 1 amide bonds. The molecule has 0 aliphatic heterocycles. The van der Waals surface area contributed by atoms with Crippen LogP contribution in [0.5, 0.6) is 5.75 Å². The monoisotopic (exact) mass is 362 g/mol. The molecule has 0 unspecified atom stereocenters. The molecule has 0 bridgehead atoms. The smallest absolute Gasteiger partial charge is 0.261 e. The van der Waals surface area contributed by atoms with Gasteiger partial charge in [0.15, 0.2) is 12.4 Å². The molecular weight excluding hydrogens is 344 g/mol. The van der Waals surface area contributed by atoms with Crippen LogP contribution in [0.2, 0.25) is 0 Å². The normalized spacial score (nSPS) is 10.9. The number of benzene rings is 1. The van der Waals surface area contributed by atoms with E-state index in [1.165, 1.54) is 11.8 Å². The van der Waals surface area contributed by atoms with Crippen LogP contribution in [-0.4, -0.2) is 30.3 Å².